The number of hydrogen-bond donors (Lipinski definition) is 1. The van der Waals surface area contributed by atoms with E-state index in [4.69, 9.17) is 9.47 Å². The van der Waals surface area contributed by atoms with Crippen LogP contribution in [0.4, 0.5) is 0 Å². The second-order valence-corrected chi connectivity index (χ2v) is 6.18. The van der Waals surface area contributed by atoms with Gasteiger partial charge in [0, 0.05) is 23.3 Å². The van der Waals surface area contributed by atoms with E-state index in [1.165, 1.54) is 11.3 Å². The third-order valence-corrected chi connectivity index (χ3v) is 4.41. The molecule has 130 valence electrons. The van der Waals surface area contributed by atoms with Gasteiger partial charge in [-0.15, -0.1) is 11.3 Å². The second-order valence-electron chi connectivity index (χ2n) is 5.30. The number of carbonyl (C=O) groups excluding carboxylic acids is 1. The normalized spacial score (nSPS) is 11.6. The Labute approximate surface area is 148 Å². The number of hydrazone groups is 1. The number of fused-ring (bicyclic) bond motifs is 1. The lowest BCUT2D eigenvalue weighted by Gasteiger charge is -2.09. The van der Waals surface area contributed by atoms with Gasteiger partial charge in [-0.05, 0) is 25.1 Å². The molecule has 2 aromatic heterocycles. The highest BCUT2D eigenvalue weighted by molar-refractivity contribution is 7.15. The molecule has 1 N–H and O–H groups in total. The summed E-state index contributed by atoms with van der Waals surface area (Å²) in [5.74, 6) is 1.03. The van der Waals surface area contributed by atoms with Crippen LogP contribution in [-0.2, 0) is 11.2 Å². The average molecular weight is 358 g/mol. The molecular weight excluding hydrogens is 340 g/mol. The molecule has 0 saturated heterocycles. The molecule has 0 bridgehead atoms. The highest BCUT2D eigenvalue weighted by atomic mass is 32.1. The van der Waals surface area contributed by atoms with Crippen LogP contribution in [0.15, 0.2) is 41.1 Å². The molecule has 0 atom stereocenters. The van der Waals surface area contributed by atoms with Gasteiger partial charge in [0.05, 0.1) is 32.0 Å². The van der Waals surface area contributed by atoms with E-state index < -0.39 is 0 Å². The number of carbonyl (C=O) groups is 1. The standard InChI is InChI=1S/C17H18N4O3S/c1-11(12-4-5-14(23-2)15(8-12)24-3)19-20-16(22)9-13-10-21-6-7-25-17(21)18-13/h4-8,10H,9H2,1-3H3,(H,20,22)/b19-11-. The minimum absolute atomic E-state index is 0.178. The zero-order valence-electron chi connectivity index (χ0n) is 14.1. The van der Waals surface area contributed by atoms with Gasteiger partial charge in [0.1, 0.15) is 0 Å². The van der Waals surface area contributed by atoms with Gasteiger partial charge in [-0.1, -0.05) is 0 Å². The number of imidazole rings is 1. The minimum atomic E-state index is -0.217. The molecule has 0 aliphatic heterocycles. The van der Waals surface area contributed by atoms with E-state index in [0.29, 0.717) is 22.9 Å². The van der Waals surface area contributed by atoms with Crippen molar-refractivity contribution in [2.45, 2.75) is 13.3 Å². The summed E-state index contributed by atoms with van der Waals surface area (Å²) in [6.45, 7) is 1.81. The van der Waals surface area contributed by atoms with Crippen molar-refractivity contribution in [2.24, 2.45) is 5.10 Å². The molecule has 3 rings (SSSR count). The Morgan fingerprint density at radius 1 is 1.32 bits per heavy atom. The number of aromatic nitrogens is 2. The molecule has 3 aromatic rings. The van der Waals surface area contributed by atoms with Gasteiger partial charge in [-0.3, -0.25) is 9.20 Å². The molecule has 1 amide bonds. The lowest BCUT2D eigenvalue weighted by Crippen LogP contribution is -2.21. The van der Waals surface area contributed by atoms with Crippen molar-refractivity contribution in [1.29, 1.82) is 0 Å². The highest BCUT2D eigenvalue weighted by Gasteiger charge is 2.09. The summed E-state index contributed by atoms with van der Waals surface area (Å²) in [6.07, 6.45) is 3.93. The molecule has 0 aliphatic carbocycles. The number of ether oxygens (including phenoxy) is 2. The number of nitrogens with one attached hydrogen (secondary N) is 1. The van der Waals surface area contributed by atoms with Crippen LogP contribution in [0.1, 0.15) is 18.2 Å². The summed E-state index contributed by atoms with van der Waals surface area (Å²) in [5, 5.41) is 6.10. The Morgan fingerprint density at radius 2 is 2.12 bits per heavy atom. The summed E-state index contributed by atoms with van der Waals surface area (Å²) in [7, 11) is 3.16. The fraction of sp³-hybridized carbons (Fsp3) is 0.235. The van der Waals surface area contributed by atoms with Gasteiger partial charge in [0.2, 0.25) is 5.91 Å². The van der Waals surface area contributed by atoms with Crippen LogP contribution >= 0.6 is 11.3 Å². The summed E-state index contributed by atoms with van der Waals surface area (Å²) < 4.78 is 12.4. The van der Waals surface area contributed by atoms with Crippen LogP contribution in [0.25, 0.3) is 4.96 Å². The van der Waals surface area contributed by atoms with Gasteiger partial charge in [-0.2, -0.15) is 5.10 Å². The summed E-state index contributed by atoms with van der Waals surface area (Å²) in [6, 6.07) is 5.47. The molecule has 0 fully saturated rings. The molecule has 1 aromatic carbocycles. The number of nitrogens with zero attached hydrogens (tertiary/aromatic N) is 3. The Hall–Kier alpha value is -2.87. The first kappa shape index (κ1) is 17.0. The van der Waals surface area contributed by atoms with Crippen molar-refractivity contribution in [2.75, 3.05) is 14.2 Å². The van der Waals surface area contributed by atoms with Crippen molar-refractivity contribution >= 4 is 27.9 Å². The van der Waals surface area contributed by atoms with Crippen molar-refractivity contribution < 1.29 is 14.3 Å². The predicted octanol–water partition coefficient (Wildman–Crippen LogP) is 2.50. The number of hydrogen-bond acceptors (Lipinski definition) is 6. The molecular formula is C17H18N4O3S. The second kappa shape index (κ2) is 7.35. The largest absolute Gasteiger partial charge is 0.493 e. The summed E-state index contributed by atoms with van der Waals surface area (Å²) in [4.78, 5) is 17.3. The lowest BCUT2D eigenvalue weighted by atomic mass is 10.1. The number of rotatable bonds is 6. The van der Waals surface area contributed by atoms with Crippen LogP contribution in [0.3, 0.4) is 0 Å². The quantitative estimate of drug-likeness (QED) is 0.542. The van der Waals surface area contributed by atoms with Crippen molar-refractivity contribution in [3.8, 4) is 11.5 Å². The first-order chi connectivity index (χ1) is 12.1. The van der Waals surface area contributed by atoms with Crippen LogP contribution in [-0.4, -0.2) is 35.2 Å². The van der Waals surface area contributed by atoms with Gasteiger partial charge in [0.15, 0.2) is 16.5 Å². The summed E-state index contributed by atoms with van der Waals surface area (Å²) in [5.41, 5.74) is 4.78. The third kappa shape index (κ3) is 3.80. The van der Waals surface area contributed by atoms with Crippen LogP contribution < -0.4 is 14.9 Å². The SMILES string of the molecule is COc1ccc(/C(C)=N\NC(=O)Cc2cn3ccsc3n2)cc1OC. The van der Waals surface area contributed by atoms with Gasteiger partial charge in [-0.25, -0.2) is 10.4 Å². The number of methoxy groups -OCH3 is 2. The lowest BCUT2D eigenvalue weighted by molar-refractivity contribution is -0.120. The Bertz CT molecular complexity index is 901. The molecule has 2 heterocycles. The topological polar surface area (TPSA) is 77.2 Å². The molecule has 8 heteroatoms. The zero-order valence-corrected chi connectivity index (χ0v) is 15.0. The van der Waals surface area contributed by atoms with Gasteiger partial charge >= 0.3 is 0 Å². The molecule has 0 unspecified atom stereocenters. The average Bonchev–Trinajstić information content (AvgIpc) is 3.20. The van der Waals surface area contributed by atoms with Crippen LogP contribution in [0.5, 0.6) is 11.5 Å². The van der Waals surface area contributed by atoms with E-state index in [1.54, 1.807) is 20.3 Å². The zero-order chi connectivity index (χ0) is 17.8. The number of amides is 1. The smallest absolute Gasteiger partial charge is 0.246 e. The third-order valence-electron chi connectivity index (χ3n) is 3.63. The van der Waals surface area contributed by atoms with Crippen molar-refractivity contribution in [3.05, 3.63) is 47.2 Å². The van der Waals surface area contributed by atoms with E-state index in [1.807, 2.05) is 41.2 Å². The van der Waals surface area contributed by atoms with E-state index in [9.17, 15) is 4.79 Å². The minimum Gasteiger partial charge on any atom is -0.493 e. The number of thiazole rings is 1. The highest BCUT2D eigenvalue weighted by Crippen LogP contribution is 2.27. The fourth-order valence-electron chi connectivity index (χ4n) is 2.34. The van der Waals surface area contributed by atoms with Crippen molar-refractivity contribution in [3.63, 3.8) is 0 Å². The van der Waals surface area contributed by atoms with Crippen LogP contribution in [0, 0.1) is 0 Å². The van der Waals surface area contributed by atoms with E-state index in [2.05, 4.69) is 15.5 Å². The molecule has 7 nitrogen and oxygen atoms in total. The van der Waals surface area contributed by atoms with Gasteiger partial charge < -0.3 is 9.47 Å². The Balaban J connectivity index is 1.66. The molecule has 0 saturated carbocycles. The fourth-order valence-corrected chi connectivity index (χ4v) is 3.06. The van der Waals surface area contributed by atoms with Gasteiger partial charge in [0.25, 0.3) is 0 Å². The first-order valence-electron chi connectivity index (χ1n) is 7.57. The van der Waals surface area contributed by atoms with Crippen molar-refractivity contribution in [1.82, 2.24) is 14.8 Å². The molecule has 0 aliphatic rings. The maximum absolute atomic E-state index is 12.1. The van der Waals surface area contributed by atoms with E-state index in [-0.39, 0.29) is 12.3 Å². The molecule has 0 radical (unpaired) electrons. The predicted molar refractivity (Wildman–Crippen MR) is 96.7 cm³/mol. The monoisotopic (exact) mass is 358 g/mol. The van der Waals surface area contributed by atoms with E-state index >= 15 is 0 Å². The summed E-state index contributed by atoms with van der Waals surface area (Å²) >= 11 is 1.53. The molecule has 25 heavy (non-hydrogen) atoms. The first-order valence-corrected chi connectivity index (χ1v) is 8.45. The maximum atomic E-state index is 12.1. The van der Waals surface area contributed by atoms with E-state index in [0.717, 1.165) is 10.5 Å². The Kier molecular flexibility index (Phi) is 4.99. The number of benzene rings is 1. The van der Waals surface area contributed by atoms with Crippen LogP contribution in [0.2, 0.25) is 0 Å². The maximum Gasteiger partial charge on any atom is 0.246 e. The molecule has 0 spiro atoms. The Morgan fingerprint density at radius 3 is 2.84 bits per heavy atom.